The van der Waals surface area contributed by atoms with E-state index in [1.807, 2.05) is 0 Å². The van der Waals surface area contributed by atoms with E-state index in [2.05, 4.69) is 15.9 Å². The van der Waals surface area contributed by atoms with E-state index in [0.29, 0.717) is 10.0 Å². The third-order valence-corrected chi connectivity index (χ3v) is 2.45. The van der Waals surface area contributed by atoms with Crippen molar-refractivity contribution in [2.45, 2.75) is 13.8 Å². The zero-order chi connectivity index (χ0) is 10.9. The highest BCUT2D eigenvalue weighted by atomic mass is 79.9. The summed E-state index contributed by atoms with van der Waals surface area (Å²) in [5.74, 6) is -0.540. The van der Waals surface area contributed by atoms with Gasteiger partial charge in [-0.05, 0) is 41.9 Å². The molecular formula is C10H9BrO3. The molecule has 14 heavy (non-hydrogen) atoms. The number of carbonyl (C=O) groups excluding carboxylic acids is 2. The SMILES string of the molecule is CC(=O)c1cc(Br)c(O)c(C(C)=O)c1. The highest BCUT2D eigenvalue weighted by Crippen LogP contribution is 2.29. The number of rotatable bonds is 2. The summed E-state index contributed by atoms with van der Waals surface area (Å²) in [6.45, 7) is 2.74. The molecule has 0 heterocycles. The number of Topliss-reactive ketones (excluding diaryl/α,β-unsaturated/α-hetero) is 2. The van der Waals surface area contributed by atoms with E-state index in [-0.39, 0.29) is 22.9 Å². The predicted octanol–water partition coefficient (Wildman–Crippen LogP) is 2.56. The molecule has 0 aliphatic heterocycles. The smallest absolute Gasteiger partial charge is 0.163 e. The zero-order valence-electron chi connectivity index (χ0n) is 7.80. The van der Waals surface area contributed by atoms with Crippen molar-refractivity contribution < 1.29 is 14.7 Å². The molecule has 0 saturated heterocycles. The summed E-state index contributed by atoms with van der Waals surface area (Å²) < 4.78 is 0.357. The first kappa shape index (κ1) is 10.9. The van der Waals surface area contributed by atoms with Crippen LogP contribution in [0, 0.1) is 0 Å². The molecule has 0 aliphatic carbocycles. The average molecular weight is 257 g/mol. The minimum Gasteiger partial charge on any atom is -0.506 e. The van der Waals surface area contributed by atoms with E-state index in [4.69, 9.17) is 0 Å². The van der Waals surface area contributed by atoms with Crippen LogP contribution < -0.4 is 0 Å². The summed E-state index contributed by atoms with van der Waals surface area (Å²) in [7, 11) is 0. The maximum absolute atomic E-state index is 11.1. The molecule has 0 bridgehead atoms. The third-order valence-electron chi connectivity index (χ3n) is 1.85. The Labute approximate surface area is 89.9 Å². The van der Waals surface area contributed by atoms with E-state index in [9.17, 15) is 14.7 Å². The fourth-order valence-corrected chi connectivity index (χ4v) is 1.53. The van der Waals surface area contributed by atoms with Crippen LogP contribution >= 0.6 is 15.9 Å². The molecule has 3 nitrogen and oxygen atoms in total. The number of phenolic OH excluding ortho intramolecular Hbond substituents is 1. The molecule has 1 rings (SSSR count). The van der Waals surface area contributed by atoms with Crippen LogP contribution in [-0.2, 0) is 0 Å². The Balaban J connectivity index is 3.43. The maximum Gasteiger partial charge on any atom is 0.163 e. The number of hydrogen-bond acceptors (Lipinski definition) is 3. The quantitative estimate of drug-likeness (QED) is 0.828. The lowest BCUT2D eigenvalue weighted by Gasteiger charge is -2.05. The summed E-state index contributed by atoms with van der Waals surface area (Å²) >= 11 is 3.08. The van der Waals surface area contributed by atoms with Crippen LogP contribution in [0.3, 0.4) is 0 Å². The molecule has 0 spiro atoms. The lowest BCUT2D eigenvalue weighted by Crippen LogP contribution is -1.99. The van der Waals surface area contributed by atoms with E-state index in [1.54, 1.807) is 0 Å². The minimum atomic E-state index is -0.272. The van der Waals surface area contributed by atoms with Gasteiger partial charge in [-0.1, -0.05) is 0 Å². The first-order chi connectivity index (χ1) is 6.43. The fourth-order valence-electron chi connectivity index (χ4n) is 1.07. The van der Waals surface area contributed by atoms with Crippen molar-refractivity contribution in [1.82, 2.24) is 0 Å². The second-order valence-corrected chi connectivity index (χ2v) is 3.82. The molecule has 4 heteroatoms. The molecule has 0 amide bonds. The number of ketones is 2. The summed E-state index contributed by atoms with van der Waals surface area (Å²) in [6.07, 6.45) is 0. The van der Waals surface area contributed by atoms with Gasteiger partial charge < -0.3 is 5.11 Å². The van der Waals surface area contributed by atoms with Crippen LogP contribution in [-0.4, -0.2) is 16.7 Å². The second kappa shape index (κ2) is 3.92. The summed E-state index contributed by atoms with van der Waals surface area (Å²) in [6, 6.07) is 2.88. The maximum atomic E-state index is 11.1. The molecule has 0 aliphatic rings. The van der Waals surface area contributed by atoms with Gasteiger partial charge in [0.1, 0.15) is 5.75 Å². The van der Waals surface area contributed by atoms with Crippen LogP contribution in [0.4, 0.5) is 0 Å². The Bertz CT molecular complexity index is 410. The van der Waals surface area contributed by atoms with Crippen LogP contribution in [0.25, 0.3) is 0 Å². The number of hydrogen-bond donors (Lipinski definition) is 1. The first-order valence-electron chi connectivity index (χ1n) is 3.98. The van der Waals surface area contributed by atoms with Crippen molar-refractivity contribution in [3.63, 3.8) is 0 Å². The van der Waals surface area contributed by atoms with Gasteiger partial charge in [0.15, 0.2) is 11.6 Å². The van der Waals surface area contributed by atoms with Crippen molar-refractivity contribution in [2.24, 2.45) is 0 Å². The molecular weight excluding hydrogens is 248 g/mol. The molecule has 1 N–H and O–H groups in total. The standard InChI is InChI=1S/C10H9BrO3/c1-5(12)7-3-8(6(2)13)10(14)9(11)4-7/h3-4,14H,1-2H3. The summed E-state index contributed by atoms with van der Waals surface area (Å²) in [5.41, 5.74) is 0.560. The van der Waals surface area contributed by atoms with Crippen molar-refractivity contribution in [3.8, 4) is 5.75 Å². The highest BCUT2D eigenvalue weighted by Gasteiger charge is 2.13. The average Bonchev–Trinajstić information content (AvgIpc) is 2.08. The van der Waals surface area contributed by atoms with Crippen LogP contribution in [0.1, 0.15) is 34.6 Å². The van der Waals surface area contributed by atoms with Gasteiger partial charge in [0.25, 0.3) is 0 Å². The number of halogens is 1. The van der Waals surface area contributed by atoms with Gasteiger partial charge >= 0.3 is 0 Å². The number of carbonyl (C=O) groups is 2. The topological polar surface area (TPSA) is 54.4 Å². The number of aromatic hydroxyl groups is 1. The summed E-state index contributed by atoms with van der Waals surface area (Å²) in [4.78, 5) is 22.2. The van der Waals surface area contributed by atoms with Crippen LogP contribution in [0.2, 0.25) is 0 Å². The molecule has 1 aromatic carbocycles. The molecule has 0 atom stereocenters. The van der Waals surface area contributed by atoms with Crippen LogP contribution in [0.15, 0.2) is 16.6 Å². The molecule has 0 fully saturated rings. The Kier molecular flexibility index (Phi) is 3.06. The van der Waals surface area contributed by atoms with E-state index < -0.39 is 0 Å². The lowest BCUT2D eigenvalue weighted by molar-refractivity contribution is 0.101. The summed E-state index contributed by atoms with van der Waals surface area (Å²) in [5, 5.41) is 9.50. The Morgan fingerprint density at radius 1 is 1.21 bits per heavy atom. The van der Waals surface area contributed by atoms with Crippen molar-refractivity contribution in [1.29, 1.82) is 0 Å². The molecule has 1 aromatic rings. The van der Waals surface area contributed by atoms with Crippen molar-refractivity contribution >= 4 is 27.5 Å². The molecule has 0 unspecified atom stereocenters. The lowest BCUT2D eigenvalue weighted by atomic mass is 10.0. The molecule has 0 radical (unpaired) electrons. The van der Waals surface area contributed by atoms with Gasteiger partial charge in [-0.15, -0.1) is 0 Å². The normalized spacial score (nSPS) is 9.93. The van der Waals surface area contributed by atoms with Gasteiger partial charge in [0.2, 0.25) is 0 Å². The minimum absolute atomic E-state index is 0.123. The Hall–Kier alpha value is -1.16. The van der Waals surface area contributed by atoms with Gasteiger partial charge in [0, 0.05) is 5.56 Å². The van der Waals surface area contributed by atoms with Gasteiger partial charge in [-0.2, -0.15) is 0 Å². The van der Waals surface area contributed by atoms with E-state index in [0.717, 1.165) is 0 Å². The largest absolute Gasteiger partial charge is 0.506 e. The van der Waals surface area contributed by atoms with Gasteiger partial charge in [0.05, 0.1) is 10.0 Å². The predicted molar refractivity (Wildman–Crippen MR) is 55.8 cm³/mol. The Morgan fingerprint density at radius 2 is 1.79 bits per heavy atom. The van der Waals surface area contributed by atoms with E-state index in [1.165, 1.54) is 26.0 Å². The number of phenols is 1. The third kappa shape index (κ3) is 2.01. The molecule has 74 valence electrons. The van der Waals surface area contributed by atoms with Crippen LogP contribution in [0.5, 0.6) is 5.75 Å². The highest BCUT2D eigenvalue weighted by molar-refractivity contribution is 9.10. The number of benzene rings is 1. The monoisotopic (exact) mass is 256 g/mol. The van der Waals surface area contributed by atoms with Gasteiger partial charge in [-0.3, -0.25) is 9.59 Å². The van der Waals surface area contributed by atoms with Gasteiger partial charge in [-0.25, -0.2) is 0 Å². The van der Waals surface area contributed by atoms with Crippen molar-refractivity contribution in [2.75, 3.05) is 0 Å². The molecule has 0 saturated carbocycles. The first-order valence-corrected chi connectivity index (χ1v) is 4.77. The fraction of sp³-hybridized carbons (Fsp3) is 0.200. The Morgan fingerprint density at radius 3 is 2.21 bits per heavy atom. The van der Waals surface area contributed by atoms with Crippen molar-refractivity contribution in [3.05, 3.63) is 27.7 Å². The molecule has 0 aromatic heterocycles. The second-order valence-electron chi connectivity index (χ2n) is 2.97. The zero-order valence-corrected chi connectivity index (χ0v) is 9.38. The van der Waals surface area contributed by atoms with E-state index >= 15 is 0 Å².